The lowest BCUT2D eigenvalue weighted by atomic mass is 9.74. The fourth-order valence-corrected chi connectivity index (χ4v) is 6.41. The summed E-state index contributed by atoms with van der Waals surface area (Å²) in [5, 5.41) is 0. The van der Waals surface area contributed by atoms with Crippen LogP contribution in [0.4, 0.5) is 13.2 Å². The third kappa shape index (κ3) is 5.67. The summed E-state index contributed by atoms with van der Waals surface area (Å²) in [5.41, 5.74) is 1.25. The van der Waals surface area contributed by atoms with Crippen LogP contribution in [0, 0.1) is 5.92 Å². The van der Waals surface area contributed by atoms with Crippen molar-refractivity contribution in [3.8, 4) is 16.9 Å². The van der Waals surface area contributed by atoms with Gasteiger partial charge in [-0.25, -0.2) is 13.1 Å². The molecule has 1 saturated heterocycles. The molecule has 10 heteroatoms. The zero-order valence-electron chi connectivity index (χ0n) is 21.4. The maximum Gasteiger partial charge on any atom is 0.416 e. The molecule has 0 spiro atoms. The van der Waals surface area contributed by atoms with Crippen molar-refractivity contribution in [3.05, 3.63) is 83.9 Å². The van der Waals surface area contributed by atoms with Gasteiger partial charge in [0, 0.05) is 11.5 Å². The first-order chi connectivity index (χ1) is 18.3. The van der Waals surface area contributed by atoms with Gasteiger partial charge < -0.3 is 9.47 Å². The van der Waals surface area contributed by atoms with Crippen molar-refractivity contribution in [1.29, 1.82) is 0 Å². The predicted octanol–water partition coefficient (Wildman–Crippen LogP) is 6.27. The van der Waals surface area contributed by atoms with Crippen LogP contribution in [-0.4, -0.2) is 26.0 Å². The van der Waals surface area contributed by atoms with Gasteiger partial charge >= 0.3 is 6.18 Å². The van der Waals surface area contributed by atoms with E-state index < -0.39 is 44.3 Å². The first kappa shape index (κ1) is 27.2. The highest BCUT2D eigenvalue weighted by molar-refractivity contribution is 7.90. The number of amides is 1. The molecular weight excluding hydrogens is 531 g/mol. The highest BCUT2D eigenvalue weighted by atomic mass is 32.2. The SMILES string of the molecule is CC1(C)Oc2ccc(-c3ccccc3)cc2[C@@H]2O[C@H](CC(=O)NS(=O)(=O)c3cccc(C(F)(F)F)c3)CC[C@H]21. The summed E-state index contributed by atoms with van der Waals surface area (Å²) < 4.78 is 79.1. The number of rotatable bonds is 5. The van der Waals surface area contributed by atoms with E-state index in [1.807, 2.05) is 67.1 Å². The number of halogens is 3. The largest absolute Gasteiger partial charge is 0.487 e. The molecule has 1 amide bonds. The maximum absolute atomic E-state index is 13.0. The van der Waals surface area contributed by atoms with E-state index in [4.69, 9.17) is 9.47 Å². The van der Waals surface area contributed by atoms with Crippen LogP contribution < -0.4 is 9.46 Å². The molecule has 0 saturated carbocycles. The molecule has 0 aromatic heterocycles. The number of ether oxygens (including phenoxy) is 2. The van der Waals surface area contributed by atoms with E-state index in [0.717, 1.165) is 34.9 Å². The summed E-state index contributed by atoms with van der Waals surface area (Å²) in [5.74, 6) is -0.150. The Kier molecular flexibility index (Phi) is 6.97. The van der Waals surface area contributed by atoms with Gasteiger partial charge in [-0.3, -0.25) is 4.79 Å². The molecule has 5 rings (SSSR count). The van der Waals surface area contributed by atoms with Crippen molar-refractivity contribution >= 4 is 15.9 Å². The summed E-state index contributed by atoms with van der Waals surface area (Å²) in [6.07, 6.45) is -4.74. The molecule has 0 aliphatic carbocycles. The average Bonchev–Trinajstić information content (AvgIpc) is 2.88. The minimum atomic E-state index is -4.71. The Morgan fingerprint density at radius 2 is 1.72 bits per heavy atom. The van der Waals surface area contributed by atoms with E-state index in [1.54, 1.807) is 0 Å². The minimum Gasteiger partial charge on any atom is -0.487 e. The lowest BCUT2D eigenvalue weighted by Crippen LogP contribution is -2.49. The van der Waals surface area contributed by atoms with Crippen molar-refractivity contribution in [2.75, 3.05) is 0 Å². The van der Waals surface area contributed by atoms with Crippen LogP contribution in [0.5, 0.6) is 5.75 Å². The predicted molar refractivity (Wildman–Crippen MR) is 138 cm³/mol. The summed E-state index contributed by atoms with van der Waals surface area (Å²) in [4.78, 5) is 12.1. The Morgan fingerprint density at radius 1 is 0.974 bits per heavy atom. The maximum atomic E-state index is 13.0. The van der Waals surface area contributed by atoms with Crippen molar-refractivity contribution in [2.24, 2.45) is 5.92 Å². The topological polar surface area (TPSA) is 81.7 Å². The fraction of sp³-hybridized carbons (Fsp3) is 0.345. The molecule has 2 heterocycles. The van der Waals surface area contributed by atoms with Gasteiger partial charge in [-0.1, -0.05) is 42.5 Å². The summed E-state index contributed by atoms with van der Waals surface area (Å²) >= 11 is 0. The molecule has 0 bridgehead atoms. The Labute approximate surface area is 225 Å². The molecule has 2 aliphatic rings. The molecule has 3 atom stereocenters. The van der Waals surface area contributed by atoms with Crippen LogP contribution in [0.3, 0.4) is 0 Å². The lowest BCUT2D eigenvalue weighted by Gasteiger charge is -2.48. The number of hydrogen-bond donors (Lipinski definition) is 1. The fourth-order valence-electron chi connectivity index (χ4n) is 5.37. The van der Waals surface area contributed by atoms with Gasteiger partial charge in [-0.05, 0) is 68.1 Å². The van der Waals surface area contributed by atoms with E-state index in [1.165, 1.54) is 0 Å². The zero-order valence-corrected chi connectivity index (χ0v) is 22.2. The molecule has 0 radical (unpaired) electrons. The van der Waals surface area contributed by atoms with Crippen LogP contribution in [0.15, 0.2) is 77.7 Å². The number of carbonyl (C=O) groups excluding carboxylic acids is 1. The van der Waals surface area contributed by atoms with Crippen molar-refractivity contribution in [2.45, 2.75) is 62.0 Å². The molecular formula is C29H28F3NO5S. The van der Waals surface area contributed by atoms with E-state index in [-0.39, 0.29) is 18.4 Å². The summed E-state index contributed by atoms with van der Waals surface area (Å²) in [6, 6.07) is 19.1. The second kappa shape index (κ2) is 9.98. The van der Waals surface area contributed by atoms with Gasteiger partial charge in [0.25, 0.3) is 10.0 Å². The Hall–Kier alpha value is -3.37. The van der Waals surface area contributed by atoms with Crippen LogP contribution in [0.1, 0.15) is 50.3 Å². The Bertz CT molecular complexity index is 1490. The number of fused-ring (bicyclic) bond motifs is 3. The first-order valence-electron chi connectivity index (χ1n) is 12.6. The second-order valence-corrected chi connectivity index (χ2v) is 12.1. The van der Waals surface area contributed by atoms with Gasteiger partial charge in [0.05, 0.1) is 29.1 Å². The number of benzene rings is 3. The summed E-state index contributed by atoms with van der Waals surface area (Å²) in [7, 11) is -4.49. The van der Waals surface area contributed by atoms with Gasteiger partial charge in [0.2, 0.25) is 5.91 Å². The van der Waals surface area contributed by atoms with Crippen molar-refractivity contribution in [3.63, 3.8) is 0 Å². The first-order valence-corrected chi connectivity index (χ1v) is 14.1. The molecule has 0 unspecified atom stereocenters. The molecule has 1 N–H and O–H groups in total. The lowest BCUT2D eigenvalue weighted by molar-refractivity contribution is -0.155. The Balaban J connectivity index is 1.34. The van der Waals surface area contributed by atoms with Crippen LogP contribution in [0.2, 0.25) is 0 Å². The highest BCUT2D eigenvalue weighted by Crippen LogP contribution is 2.51. The third-order valence-electron chi connectivity index (χ3n) is 7.33. The molecule has 2 aliphatic heterocycles. The van der Waals surface area contributed by atoms with E-state index in [2.05, 4.69) is 0 Å². The minimum absolute atomic E-state index is 0.00387. The summed E-state index contributed by atoms with van der Waals surface area (Å²) in [6.45, 7) is 3.99. The molecule has 1 fully saturated rings. The van der Waals surface area contributed by atoms with Crippen molar-refractivity contribution in [1.82, 2.24) is 4.72 Å². The van der Waals surface area contributed by atoms with Gasteiger partial charge in [-0.15, -0.1) is 0 Å². The van der Waals surface area contributed by atoms with E-state index >= 15 is 0 Å². The quantitative estimate of drug-likeness (QED) is 0.398. The van der Waals surface area contributed by atoms with Crippen LogP contribution in [0.25, 0.3) is 11.1 Å². The van der Waals surface area contributed by atoms with Gasteiger partial charge in [-0.2, -0.15) is 13.2 Å². The zero-order chi connectivity index (χ0) is 28.0. The molecule has 3 aromatic carbocycles. The van der Waals surface area contributed by atoms with E-state index in [9.17, 15) is 26.4 Å². The molecule has 39 heavy (non-hydrogen) atoms. The average molecular weight is 560 g/mol. The van der Waals surface area contributed by atoms with Gasteiger partial charge in [0.15, 0.2) is 0 Å². The molecule has 3 aromatic rings. The van der Waals surface area contributed by atoms with E-state index in [0.29, 0.717) is 24.7 Å². The van der Waals surface area contributed by atoms with Crippen LogP contribution in [-0.2, 0) is 25.7 Å². The number of nitrogens with one attached hydrogen (secondary N) is 1. The molecule has 6 nitrogen and oxygen atoms in total. The van der Waals surface area contributed by atoms with Crippen LogP contribution >= 0.6 is 0 Å². The normalized spacial score (nSPS) is 22.2. The second-order valence-electron chi connectivity index (χ2n) is 10.4. The smallest absolute Gasteiger partial charge is 0.416 e. The van der Waals surface area contributed by atoms with Gasteiger partial charge in [0.1, 0.15) is 11.4 Å². The number of hydrogen-bond acceptors (Lipinski definition) is 5. The third-order valence-corrected chi connectivity index (χ3v) is 8.70. The molecule has 206 valence electrons. The Morgan fingerprint density at radius 3 is 2.44 bits per heavy atom. The number of sulfonamides is 1. The number of alkyl halides is 3. The van der Waals surface area contributed by atoms with Crippen molar-refractivity contribution < 1.29 is 35.9 Å². The number of carbonyl (C=O) groups is 1. The highest BCUT2D eigenvalue weighted by Gasteiger charge is 2.48. The standard InChI is InChI=1S/C29H28F3NO5S/c1-28(2)24-13-12-21(17-26(34)33-39(35,36)22-10-6-9-20(16-22)29(30,31)32)37-27(24)23-15-19(11-14-25(23)38-28)18-7-4-3-5-8-18/h3-11,14-16,21,24,27H,12-13,17H2,1-2H3,(H,33,34)/t21-,24+,27-/m0/s1. The monoisotopic (exact) mass is 559 g/mol.